The molecule has 0 aliphatic rings. The normalized spacial score (nSPS) is 12.1. The topological polar surface area (TPSA) is 106 Å². The molecule has 0 unspecified atom stereocenters. The van der Waals surface area contributed by atoms with Crippen LogP contribution in [0.4, 0.5) is 0 Å². The number of fused-ring (bicyclic) bond motifs is 12. The van der Waals surface area contributed by atoms with Crippen LogP contribution in [-0.2, 0) is 0 Å². The Labute approximate surface area is 224 Å². The Morgan fingerprint density at radius 2 is 1.03 bits per heavy atom. The molecule has 188 valence electrons. The second kappa shape index (κ2) is 7.46. The Morgan fingerprint density at radius 1 is 0.462 bits per heavy atom. The molecule has 5 N–H and O–H groups in total. The zero-order valence-corrected chi connectivity index (χ0v) is 21.0. The average molecular weight is 530 g/mol. The van der Waals surface area contributed by atoms with E-state index in [9.17, 15) is 25.5 Å². The molecule has 0 aliphatic carbocycles. The van der Waals surface area contributed by atoms with Crippen LogP contribution in [0, 0.1) is 0 Å². The SMILES string of the molecule is Oc1c(O)c(O)c(-n2c3c4ccccc4ccc3c3c4ccccc4c4c5ccccc5sc4c32)c(O)c1O. The Morgan fingerprint density at radius 3 is 1.74 bits per heavy atom. The smallest absolute Gasteiger partial charge is 0.208 e. The van der Waals surface area contributed by atoms with Gasteiger partial charge in [0.15, 0.2) is 11.5 Å². The number of hydrogen-bond donors (Lipinski definition) is 5. The van der Waals surface area contributed by atoms with E-state index in [2.05, 4.69) is 24.3 Å². The van der Waals surface area contributed by atoms with Gasteiger partial charge in [0.2, 0.25) is 17.2 Å². The third kappa shape index (κ3) is 2.64. The van der Waals surface area contributed by atoms with Crippen molar-refractivity contribution in [2.24, 2.45) is 0 Å². The summed E-state index contributed by atoms with van der Waals surface area (Å²) in [7, 11) is 0. The minimum atomic E-state index is -0.989. The molecule has 0 fully saturated rings. The quantitative estimate of drug-likeness (QED) is 0.109. The number of phenolic OH excluding ortho intramolecular Hbond substituents is 5. The molecule has 0 aliphatic heterocycles. The summed E-state index contributed by atoms with van der Waals surface area (Å²) >= 11 is 1.60. The summed E-state index contributed by atoms with van der Waals surface area (Å²) in [5.74, 6) is -4.29. The van der Waals surface area contributed by atoms with Crippen molar-refractivity contribution in [1.82, 2.24) is 4.57 Å². The molecule has 8 rings (SSSR count). The fraction of sp³-hybridized carbons (Fsp3) is 0. The zero-order chi connectivity index (χ0) is 26.6. The van der Waals surface area contributed by atoms with Crippen LogP contribution in [0.2, 0.25) is 0 Å². The van der Waals surface area contributed by atoms with Crippen LogP contribution in [-0.4, -0.2) is 30.1 Å². The molecular weight excluding hydrogens is 510 g/mol. The number of rotatable bonds is 1. The third-order valence-corrected chi connectivity index (χ3v) is 8.88. The Bertz CT molecular complexity index is 2320. The number of phenols is 5. The van der Waals surface area contributed by atoms with Gasteiger partial charge in [-0.05, 0) is 22.2 Å². The molecule has 0 atom stereocenters. The van der Waals surface area contributed by atoms with Crippen molar-refractivity contribution < 1.29 is 25.5 Å². The van der Waals surface area contributed by atoms with Gasteiger partial charge < -0.3 is 30.1 Å². The van der Waals surface area contributed by atoms with Crippen LogP contribution >= 0.6 is 11.3 Å². The monoisotopic (exact) mass is 529 g/mol. The molecular formula is C32H19NO5S. The van der Waals surface area contributed by atoms with Gasteiger partial charge >= 0.3 is 0 Å². The largest absolute Gasteiger partial charge is 0.503 e. The highest BCUT2D eigenvalue weighted by Crippen LogP contribution is 2.56. The van der Waals surface area contributed by atoms with Gasteiger partial charge in [-0.15, -0.1) is 11.3 Å². The standard InChI is InChI=1S/C32H19NO5S/c34-27-26(28(35)30(37)31(38)29(27)36)33-24-16-8-2-1-7-15(16)13-14-20(24)22-17-9-3-4-10-18(17)23-19-11-5-6-12-21(19)39-32(23)25(22)33/h1-14,34-38H. The highest BCUT2D eigenvalue weighted by molar-refractivity contribution is 7.27. The van der Waals surface area contributed by atoms with Gasteiger partial charge in [0.25, 0.3) is 0 Å². The van der Waals surface area contributed by atoms with Crippen LogP contribution in [0.3, 0.4) is 0 Å². The van der Waals surface area contributed by atoms with Gasteiger partial charge in [-0.3, -0.25) is 0 Å². The van der Waals surface area contributed by atoms with E-state index >= 15 is 0 Å². The Balaban J connectivity index is 1.79. The van der Waals surface area contributed by atoms with Crippen LogP contribution < -0.4 is 0 Å². The molecule has 0 spiro atoms. The maximum Gasteiger partial charge on any atom is 0.208 e. The van der Waals surface area contributed by atoms with Gasteiger partial charge in [-0.1, -0.05) is 78.9 Å². The second-order valence-electron chi connectivity index (χ2n) is 9.68. The number of hydrogen-bond acceptors (Lipinski definition) is 6. The molecule has 6 nitrogen and oxygen atoms in total. The molecule has 39 heavy (non-hydrogen) atoms. The van der Waals surface area contributed by atoms with Gasteiger partial charge in [0.05, 0.1) is 15.7 Å². The molecule has 2 aromatic heterocycles. The lowest BCUT2D eigenvalue weighted by Crippen LogP contribution is -1.97. The first kappa shape index (κ1) is 21.9. The van der Waals surface area contributed by atoms with E-state index in [0.29, 0.717) is 11.0 Å². The summed E-state index contributed by atoms with van der Waals surface area (Å²) in [6, 6.07) is 28.2. The predicted octanol–water partition coefficient (Wildman–Crippen LogP) is 7.99. The van der Waals surface area contributed by atoms with Gasteiger partial charge in [0, 0.05) is 31.6 Å². The van der Waals surface area contributed by atoms with E-state index in [-0.39, 0.29) is 5.69 Å². The summed E-state index contributed by atoms with van der Waals surface area (Å²) in [5.41, 5.74) is 1.19. The van der Waals surface area contributed by atoms with Crippen LogP contribution in [0.15, 0.2) is 84.9 Å². The number of benzene rings is 6. The van der Waals surface area contributed by atoms with Crippen LogP contribution in [0.1, 0.15) is 0 Å². The number of aromatic nitrogens is 1. The summed E-state index contributed by atoms with van der Waals surface area (Å²) in [5, 5.41) is 61.4. The maximum atomic E-state index is 11.2. The fourth-order valence-corrected chi connectivity index (χ4v) is 7.30. The highest BCUT2D eigenvalue weighted by Gasteiger charge is 2.30. The first-order valence-corrected chi connectivity index (χ1v) is 13.2. The molecule has 6 aromatic carbocycles. The summed E-state index contributed by atoms with van der Waals surface area (Å²) in [4.78, 5) is 0. The number of thiophene rings is 1. The highest BCUT2D eigenvalue weighted by atomic mass is 32.1. The van der Waals surface area contributed by atoms with Crippen molar-refractivity contribution in [3.8, 4) is 34.4 Å². The van der Waals surface area contributed by atoms with Gasteiger partial charge in [0.1, 0.15) is 5.69 Å². The Hall–Kier alpha value is -5.14. The minimum absolute atomic E-state index is 0.215. The van der Waals surface area contributed by atoms with Crippen LogP contribution in [0.5, 0.6) is 28.7 Å². The van der Waals surface area contributed by atoms with Crippen molar-refractivity contribution in [3.63, 3.8) is 0 Å². The summed E-state index contributed by atoms with van der Waals surface area (Å²) < 4.78 is 3.72. The van der Waals surface area contributed by atoms with Crippen LogP contribution in [0.25, 0.3) is 69.2 Å². The fourth-order valence-electron chi connectivity index (χ4n) is 6.04. The van der Waals surface area contributed by atoms with E-state index in [4.69, 9.17) is 0 Å². The van der Waals surface area contributed by atoms with Crippen molar-refractivity contribution >= 4 is 74.9 Å². The maximum absolute atomic E-state index is 11.2. The Kier molecular flexibility index (Phi) is 4.19. The molecule has 0 saturated heterocycles. The molecule has 0 saturated carbocycles. The summed E-state index contributed by atoms with van der Waals surface area (Å²) in [6.45, 7) is 0. The van der Waals surface area contributed by atoms with Crippen molar-refractivity contribution in [3.05, 3.63) is 84.9 Å². The second-order valence-corrected chi connectivity index (χ2v) is 10.7. The third-order valence-electron chi connectivity index (χ3n) is 7.70. The van der Waals surface area contributed by atoms with Crippen molar-refractivity contribution in [2.75, 3.05) is 0 Å². The van der Waals surface area contributed by atoms with E-state index in [1.807, 2.05) is 60.7 Å². The van der Waals surface area contributed by atoms with Gasteiger partial charge in [-0.25, -0.2) is 0 Å². The number of nitrogens with zero attached hydrogens (tertiary/aromatic N) is 1. The van der Waals surface area contributed by atoms with E-state index in [0.717, 1.165) is 52.5 Å². The minimum Gasteiger partial charge on any atom is -0.503 e. The molecule has 2 heterocycles. The van der Waals surface area contributed by atoms with E-state index < -0.39 is 28.7 Å². The predicted molar refractivity (Wildman–Crippen MR) is 157 cm³/mol. The molecule has 0 amide bonds. The van der Waals surface area contributed by atoms with Crippen molar-refractivity contribution in [1.29, 1.82) is 0 Å². The summed E-state index contributed by atoms with van der Waals surface area (Å²) in [6.07, 6.45) is 0. The average Bonchev–Trinajstić information content (AvgIpc) is 3.52. The molecule has 0 radical (unpaired) electrons. The van der Waals surface area contributed by atoms with Crippen molar-refractivity contribution in [2.45, 2.75) is 0 Å². The first-order chi connectivity index (χ1) is 19.0. The van der Waals surface area contributed by atoms with Gasteiger partial charge in [-0.2, -0.15) is 0 Å². The number of aromatic hydroxyl groups is 5. The lowest BCUT2D eigenvalue weighted by Gasteiger charge is -2.16. The van der Waals surface area contributed by atoms with E-state index in [1.165, 1.54) is 0 Å². The first-order valence-electron chi connectivity index (χ1n) is 12.3. The lowest BCUT2D eigenvalue weighted by atomic mass is 9.98. The zero-order valence-electron chi connectivity index (χ0n) is 20.2. The molecule has 0 bridgehead atoms. The molecule has 7 heteroatoms. The lowest BCUT2D eigenvalue weighted by molar-refractivity contribution is 0.327. The van der Waals surface area contributed by atoms with E-state index in [1.54, 1.807) is 15.9 Å². The molecule has 8 aromatic rings.